The van der Waals surface area contributed by atoms with Crippen molar-refractivity contribution in [3.63, 3.8) is 0 Å². The molecular weight excluding hydrogens is 460 g/mol. The zero-order chi connectivity index (χ0) is 25.2. The number of carbonyl (C=O) groups is 1. The van der Waals surface area contributed by atoms with Gasteiger partial charge in [0.25, 0.3) is 5.56 Å². The number of aryl methyl sites for hydroxylation is 1. The number of nitrogens with one attached hydrogen (secondary N) is 1. The first-order valence-electron chi connectivity index (χ1n) is 12.5. The highest BCUT2D eigenvalue weighted by Crippen LogP contribution is 2.30. The number of rotatable bonds is 7. The summed E-state index contributed by atoms with van der Waals surface area (Å²) in [6.07, 6.45) is 0.927. The third-order valence-electron chi connectivity index (χ3n) is 6.97. The largest absolute Gasteiger partial charge is 0.478 e. The van der Waals surface area contributed by atoms with Gasteiger partial charge in [0, 0.05) is 43.4 Å². The SMILES string of the molecule is Cc1cc(C(C)Nc2ccccc2C(=O)O)c2nc(N3CCOCC3)n(CC3CCOC3)c(=O)c2c1. The molecule has 0 radical (unpaired) electrons. The van der Waals surface area contributed by atoms with Crippen LogP contribution in [-0.4, -0.2) is 60.1 Å². The topological polar surface area (TPSA) is 106 Å². The zero-order valence-electron chi connectivity index (χ0n) is 20.7. The van der Waals surface area contributed by atoms with Crippen LogP contribution in [0.15, 0.2) is 41.2 Å². The molecule has 2 fully saturated rings. The maximum absolute atomic E-state index is 13.9. The molecule has 2 atom stereocenters. The summed E-state index contributed by atoms with van der Waals surface area (Å²) >= 11 is 0. The molecule has 9 heteroatoms. The second-order valence-electron chi connectivity index (χ2n) is 9.62. The molecule has 9 nitrogen and oxygen atoms in total. The Morgan fingerprint density at radius 2 is 1.97 bits per heavy atom. The summed E-state index contributed by atoms with van der Waals surface area (Å²) in [4.78, 5) is 32.9. The lowest BCUT2D eigenvalue weighted by atomic mass is 10.0. The van der Waals surface area contributed by atoms with E-state index < -0.39 is 5.97 Å². The molecule has 2 unspecified atom stereocenters. The van der Waals surface area contributed by atoms with Crippen LogP contribution in [0.3, 0.4) is 0 Å². The number of carboxylic acid groups (broad SMARTS) is 1. The van der Waals surface area contributed by atoms with Gasteiger partial charge >= 0.3 is 5.97 Å². The summed E-state index contributed by atoms with van der Waals surface area (Å²) in [5.74, 6) is -0.0593. The maximum Gasteiger partial charge on any atom is 0.337 e. The van der Waals surface area contributed by atoms with Gasteiger partial charge in [-0.1, -0.05) is 18.2 Å². The van der Waals surface area contributed by atoms with Crippen LogP contribution < -0.4 is 15.8 Å². The Morgan fingerprint density at radius 3 is 2.69 bits per heavy atom. The Kier molecular flexibility index (Phi) is 6.93. The predicted molar refractivity (Wildman–Crippen MR) is 138 cm³/mol. The summed E-state index contributed by atoms with van der Waals surface area (Å²) < 4.78 is 12.9. The van der Waals surface area contributed by atoms with Crippen molar-refractivity contribution in [1.29, 1.82) is 0 Å². The standard InChI is InChI=1S/C27H32N4O5/c1-17-13-21(18(2)28-23-6-4-3-5-20(23)26(33)34)24-22(14-17)25(32)31(15-19-7-10-36-16-19)27(29-24)30-8-11-35-12-9-30/h3-6,13-14,18-19,28H,7-12,15-16H2,1-2H3,(H,33,34). The smallest absolute Gasteiger partial charge is 0.337 e. The fourth-order valence-electron chi connectivity index (χ4n) is 5.08. The van der Waals surface area contributed by atoms with Crippen molar-refractivity contribution < 1.29 is 19.4 Å². The van der Waals surface area contributed by atoms with E-state index in [9.17, 15) is 14.7 Å². The van der Waals surface area contributed by atoms with Crippen LogP contribution in [0.5, 0.6) is 0 Å². The summed E-state index contributed by atoms with van der Waals surface area (Å²) in [6, 6.07) is 10.5. The maximum atomic E-state index is 13.9. The van der Waals surface area contributed by atoms with Gasteiger partial charge in [-0.05, 0) is 44.0 Å². The molecule has 2 saturated heterocycles. The molecule has 36 heavy (non-hydrogen) atoms. The van der Waals surface area contributed by atoms with E-state index in [1.165, 1.54) is 0 Å². The third-order valence-corrected chi connectivity index (χ3v) is 6.97. The highest BCUT2D eigenvalue weighted by atomic mass is 16.5. The third kappa shape index (κ3) is 4.81. The normalized spacial score (nSPS) is 18.9. The fourth-order valence-corrected chi connectivity index (χ4v) is 5.08. The number of morpholine rings is 1. The van der Waals surface area contributed by atoms with E-state index in [0.717, 1.165) is 24.2 Å². The minimum absolute atomic E-state index is 0.0588. The summed E-state index contributed by atoms with van der Waals surface area (Å²) in [7, 11) is 0. The molecular formula is C27H32N4O5. The molecule has 3 heterocycles. The Bertz CT molecular complexity index is 1330. The first kappa shape index (κ1) is 24.3. The number of hydrogen-bond acceptors (Lipinski definition) is 7. The lowest BCUT2D eigenvalue weighted by Crippen LogP contribution is -2.41. The average molecular weight is 493 g/mol. The van der Waals surface area contributed by atoms with Crippen molar-refractivity contribution >= 4 is 28.5 Å². The van der Waals surface area contributed by atoms with Crippen LogP contribution in [0, 0.1) is 12.8 Å². The van der Waals surface area contributed by atoms with Crippen LogP contribution >= 0.6 is 0 Å². The van der Waals surface area contributed by atoms with Crippen molar-refractivity contribution in [2.24, 2.45) is 5.92 Å². The van der Waals surface area contributed by atoms with Crippen LogP contribution in [0.4, 0.5) is 11.6 Å². The molecule has 5 rings (SSSR count). The lowest BCUT2D eigenvalue weighted by Gasteiger charge is -2.31. The number of ether oxygens (including phenoxy) is 2. The number of nitrogens with zero attached hydrogens (tertiary/aromatic N) is 3. The van der Waals surface area contributed by atoms with Crippen molar-refractivity contribution in [2.45, 2.75) is 32.9 Å². The van der Waals surface area contributed by atoms with Gasteiger partial charge < -0.3 is 24.8 Å². The van der Waals surface area contributed by atoms with Gasteiger partial charge in [-0.3, -0.25) is 9.36 Å². The molecule has 2 N–H and O–H groups in total. The minimum Gasteiger partial charge on any atom is -0.478 e. The van der Waals surface area contributed by atoms with Crippen LogP contribution in [-0.2, 0) is 16.0 Å². The lowest BCUT2D eigenvalue weighted by molar-refractivity contribution is 0.0698. The molecule has 2 aromatic carbocycles. The van der Waals surface area contributed by atoms with Gasteiger partial charge in [0.15, 0.2) is 0 Å². The Labute approximate surface area is 209 Å². The number of aromatic nitrogens is 2. The van der Waals surface area contributed by atoms with Crippen LogP contribution in [0.2, 0.25) is 0 Å². The van der Waals surface area contributed by atoms with E-state index in [2.05, 4.69) is 10.2 Å². The molecule has 3 aromatic rings. The monoisotopic (exact) mass is 492 g/mol. The van der Waals surface area contributed by atoms with Gasteiger partial charge in [-0.25, -0.2) is 9.78 Å². The molecule has 0 amide bonds. The molecule has 2 aliphatic heterocycles. The number of benzene rings is 2. The number of fused-ring (bicyclic) bond motifs is 1. The van der Waals surface area contributed by atoms with Gasteiger partial charge in [0.2, 0.25) is 5.95 Å². The van der Waals surface area contributed by atoms with Crippen LogP contribution in [0.25, 0.3) is 10.9 Å². The zero-order valence-corrected chi connectivity index (χ0v) is 20.7. The van der Waals surface area contributed by atoms with E-state index in [1.807, 2.05) is 30.5 Å². The van der Waals surface area contributed by atoms with E-state index in [0.29, 0.717) is 62.0 Å². The van der Waals surface area contributed by atoms with Gasteiger partial charge in [-0.15, -0.1) is 0 Å². The van der Waals surface area contributed by atoms with Gasteiger partial charge in [-0.2, -0.15) is 0 Å². The summed E-state index contributed by atoms with van der Waals surface area (Å²) in [5, 5.41) is 13.5. The van der Waals surface area contributed by atoms with E-state index in [-0.39, 0.29) is 23.1 Å². The predicted octanol–water partition coefficient (Wildman–Crippen LogP) is 3.45. The molecule has 2 aliphatic rings. The minimum atomic E-state index is -0.995. The van der Waals surface area contributed by atoms with E-state index in [1.54, 1.807) is 24.3 Å². The van der Waals surface area contributed by atoms with Crippen LogP contribution in [0.1, 0.15) is 40.9 Å². The highest BCUT2D eigenvalue weighted by molar-refractivity contribution is 5.94. The van der Waals surface area contributed by atoms with Crippen molar-refractivity contribution in [2.75, 3.05) is 49.7 Å². The first-order valence-corrected chi connectivity index (χ1v) is 12.5. The Balaban J connectivity index is 1.62. The van der Waals surface area contributed by atoms with E-state index >= 15 is 0 Å². The highest BCUT2D eigenvalue weighted by Gasteiger charge is 2.25. The molecule has 0 bridgehead atoms. The molecule has 0 saturated carbocycles. The number of anilines is 2. The van der Waals surface area contributed by atoms with Crippen molar-refractivity contribution in [3.05, 3.63) is 63.4 Å². The second-order valence-corrected chi connectivity index (χ2v) is 9.62. The number of carboxylic acids is 1. The number of para-hydroxylation sites is 1. The quantitative estimate of drug-likeness (QED) is 0.517. The Hall–Kier alpha value is -3.43. The van der Waals surface area contributed by atoms with Gasteiger partial charge in [0.1, 0.15) is 0 Å². The van der Waals surface area contributed by atoms with Crippen molar-refractivity contribution in [1.82, 2.24) is 9.55 Å². The Morgan fingerprint density at radius 1 is 1.19 bits per heavy atom. The summed E-state index contributed by atoms with van der Waals surface area (Å²) in [5.41, 5.74) is 3.11. The fraction of sp³-hybridized carbons (Fsp3) is 0.444. The van der Waals surface area contributed by atoms with Crippen molar-refractivity contribution in [3.8, 4) is 0 Å². The van der Waals surface area contributed by atoms with Gasteiger partial charge in [0.05, 0.1) is 42.3 Å². The molecule has 1 aromatic heterocycles. The molecule has 0 aliphatic carbocycles. The molecule has 190 valence electrons. The van der Waals surface area contributed by atoms with E-state index in [4.69, 9.17) is 14.5 Å². The number of aromatic carboxylic acids is 1. The number of hydrogen-bond donors (Lipinski definition) is 2. The second kappa shape index (κ2) is 10.3. The summed E-state index contributed by atoms with van der Waals surface area (Å²) in [6.45, 7) is 8.37. The first-order chi connectivity index (χ1) is 17.4. The molecule has 0 spiro atoms. The average Bonchev–Trinajstić information content (AvgIpc) is 3.39.